The van der Waals surface area contributed by atoms with Crippen LogP contribution in [-0.2, 0) is 4.74 Å². The number of carbonyl (C=O) groups excluding carboxylic acids is 1. The molecule has 0 unspecified atom stereocenters. The van der Waals surface area contributed by atoms with Gasteiger partial charge in [-0.15, -0.1) is 11.6 Å². The Bertz CT molecular complexity index is 455. The Morgan fingerprint density at radius 3 is 2.63 bits per heavy atom. The Morgan fingerprint density at radius 2 is 2.05 bits per heavy atom. The number of rotatable bonds is 6. The minimum atomic E-state index is -0.870. The fourth-order valence-corrected chi connectivity index (χ4v) is 1.83. The van der Waals surface area contributed by atoms with Gasteiger partial charge in [-0.1, -0.05) is 6.07 Å². The van der Waals surface area contributed by atoms with Gasteiger partial charge in [-0.3, -0.25) is 4.79 Å². The molecule has 1 rings (SSSR count). The number of aryl methyl sites for hydroxylation is 1. The van der Waals surface area contributed by atoms with Gasteiger partial charge in [0.15, 0.2) is 0 Å². The zero-order chi connectivity index (χ0) is 14.4. The van der Waals surface area contributed by atoms with Gasteiger partial charge < -0.3 is 9.64 Å². The van der Waals surface area contributed by atoms with Gasteiger partial charge in [0.1, 0.15) is 17.2 Å². The van der Waals surface area contributed by atoms with Crippen molar-refractivity contribution < 1.29 is 18.3 Å². The number of alkyl halides is 1. The molecule has 0 radical (unpaired) electrons. The molecule has 0 saturated heterocycles. The van der Waals surface area contributed by atoms with Crippen LogP contribution in [0.15, 0.2) is 12.1 Å². The Morgan fingerprint density at radius 1 is 1.37 bits per heavy atom. The number of halogens is 3. The van der Waals surface area contributed by atoms with E-state index in [4.69, 9.17) is 16.3 Å². The van der Waals surface area contributed by atoms with Gasteiger partial charge in [0.05, 0.1) is 6.61 Å². The van der Waals surface area contributed by atoms with Crippen molar-refractivity contribution in [3.05, 3.63) is 34.9 Å². The summed E-state index contributed by atoms with van der Waals surface area (Å²) in [5.41, 5.74) is -0.316. The van der Waals surface area contributed by atoms with E-state index in [0.717, 1.165) is 6.07 Å². The van der Waals surface area contributed by atoms with E-state index in [1.54, 1.807) is 0 Å². The summed E-state index contributed by atoms with van der Waals surface area (Å²) in [5, 5.41) is 0. The SMILES string of the molecule is COCCN(CCCl)C(=O)c1c(F)ccc(C)c1F. The first-order chi connectivity index (χ1) is 9.02. The van der Waals surface area contributed by atoms with E-state index >= 15 is 0 Å². The number of nitrogens with zero attached hydrogens (tertiary/aromatic N) is 1. The van der Waals surface area contributed by atoms with Crippen molar-refractivity contribution in [2.45, 2.75) is 6.92 Å². The first-order valence-electron chi connectivity index (χ1n) is 5.81. The van der Waals surface area contributed by atoms with E-state index in [1.165, 1.54) is 25.0 Å². The second kappa shape index (κ2) is 7.40. The average molecular weight is 292 g/mol. The highest BCUT2D eigenvalue weighted by Gasteiger charge is 2.23. The molecule has 0 N–H and O–H groups in total. The van der Waals surface area contributed by atoms with Crippen molar-refractivity contribution in [1.82, 2.24) is 4.90 Å². The van der Waals surface area contributed by atoms with Crippen LogP contribution >= 0.6 is 11.6 Å². The highest BCUT2D eigenvalue weighted by molar-refractivity contribution is 6.18. The van der Waals surface area contributed by atoms with Gasteiger partial charge in [0.25, 0.3) is 5.91 Å². The van der Waals surface area contributed by atoms with Crippen LogP contribution in [0.25, 0.3) is 0 Å². The molecule has 0 bridgehead atoms. The molecule has 0 aromatic heterocycles. The lowest BCUT2D eigenvalue weighted by molar-refractivity contribution is 0.0698. The van der Waals surface area contributed by atoms with Crippen LogP contribution in [0.3, 0.4) is 0 Å². The molecule has 1 aromatic rings. The summed E-state index contributed by atoms with van der Waals surface area (Å²) >= 11 is 5.60. The summed E-state index contributed by atoms with van der Waals surface area (Å²) in [6.45, 7) is 2.19. The standard InChI is InChI=1S/C13H16ClF2NO2/c1-9-3-4-10(15)11(12(9)16)13(18)17(6-5-14)7-8-19-2/h3-4H,5-8H2,1-2H3. The van der Waals surface area contributed by atoms with E-state index in [-0.39, 0.29) is 31.1 Å². The predicted molar refractivity (Wildman–Crippen MR) is 69.6 cm³/mol. The number of amides is 1. The fraction of sp³-hybridized carbons (Fsp3) is 0.462. The summed E-state index contributed by atoms with van der Waals surface area (Å²) in [6, 6.07) is 2.38. The molecular weight excluding hydrogens is 276 g/mol. The van der Waals surface area contributed by atoms with Gasteiger partial charge in [-0.2, -0.15) is 0 Å². The van der Waals surface area contributed by atoms with Crippen LogP contribution in [0.2, 0.25) is 0 Å². The lowest BCUT2D eigenvalue weighted by Gasteiger charge is -2.22. The number of ether oxygens (including phenoxy) is 1. The largest absolute Gasteiger partial charge is 0.383 e. The smallest absolute Gasteiger partial charge is 0.259 e. The van der Waals surface area contributed by atoms with Gasteiger partial charge in [0, 0.05) is 26.1 Å². The summed E-state index contributed by atoms with van der Waals surface area (Å²) in [6.07, 6.45) is 0. The zero-order valence-corrected chi connectivity index (χ0v) is 11.6. The molecular formula is C13H16ClF2NO2. The van der Waals surface area contributed by atoms with Crippen LogP contribution in [0.4, 0.5) is 8.78 Å². The topological polar surface area (TPSA) is 29.5 Å². The molecule has 0 fully saturated rings. The van der Waals surface area contributed by atoms with E-state index < -0.39 is 23.1 Å². The fourth-order valence-electron chi connectivity index (χ4n) is 1.63. The first-order valence-corrected chi connectivity index (χ1v) is 6.35. The highest BCUT2D eigenvalue weighted by atomic mass is 35.5. The summed E-state index contributed by atoms with van der Waals surface area (Å²) in [7, 11) is 1.48. The van der Waals surface area contributed by atoms with Gasteiger partial charge in [0.2, 0.25) is 0 Å². The Kier molecular flexibility index (Phi) is 6.18. The Labute approximate surface area is 116 Å². The molecule has 3 nitrogen and oxygen atoms in total. The van der Waals surface area contributed by atoms with Crippen LogP contribution in [-0.4, -0.2) is 43.5 Å². The van der Waals surface area contributed by atoms with E-state index in [2.05, 4.69) is 0 Å². The molecule has 0 aliphatic rings. The quantitative estimate of drug-likeness (QED) is 0.754. The van der Waals surface area contributed by atoms with E-state index in [9.17, 15) is 13.6 Å². The van der Waals surface area contributed by atoms with E-state index in [0.29, 0.717) is 0 Å². The van der Waals surface area contributed by atoms with Gasteiger partial charge >= 0.3 is 0 Å². The van der Waals surface area contributed by atoms with Gasteiger partial charge in [-0.25, -0.2) is 8.78 Å². The molecule has 0 aliphatic heterocycles. The van der Waals surface area contributed by atoms with E-state index in [1.807, 2.05) is 0 Å². The van der Waals surface area contributed by atoms with Crippen LogP contribution < -0.4 is 0 Å². The molecule has 1 aromatic carbocycles. The lowest BCUT2D eigenvalue weighted by Crippen LogP contribution is -2.36. The summed E-state index contributed by atoms with van der Waals surface area (Å²) in [5.74, 6) is -2.23. The first kappa shape index (κ1) is 15.9. The molecule has 0 aliphatic carbocycles. The van der Waals surface area contributed by atoms with Crippen LogP contribution in [0.5, 0.6) is 0 Å². The number of methoxy groups -OCH3 is 1. The second-order valence-electron chi connectivity index (χ2n) is 4.03. The van der Waals surface area contributed by atoms with Crippen LogP contribution in [0.1, 0.15) is 15.9 Å². The molecule has 0 spiro atoms. The third kappa shape index (κ3) is 3.88. The zero-order valence-electron chi connectivity index (χ0n) is 10.9. The maximum absolute atomic E-state index is 13.9. The molecule has 19 heavy (non-hydrogen) atoms. The molecule has 6 heteroatoms. The van der Waals surface area contributed by atoms with Crippen molar-refractivity contribution in [3.8, 4) is 0 Å². The van der Waals surface area contributed by atoms with Gasteiger partial charge in [-0.05, 0) is 18.6 Å². The highest BCUT2D eigenvalue weighted by Crippen LogP contribution is 2.18. The number of benzene rings is 1. The van der Waals surface area contributed by atoms with Crippen molar-refractivity contribution in [3.63, 3.8) is 0 Å². The monoisotopic (exact) mass is 291 g/mol. The third-order valence-corrected chi connectivity index (χ3v) is 2.87. The molecule has 0 saturated carbocycles. The third-order valence-electron chi connectivity index (χ3n) is 2.71. The number of hydrogen-bond donors (Lipinski definition) is 0. The van der Waals surface area contributed by atoms with Crippen LogP contribution in [0, 0.1) is 18.6 Å². The van der Waals surface area contributed by atoms with Crippen molar-refractivity contribution in [2.24, 2.45) is 0 Å². The summed E-state index contributed by atoms with van der Waals surface area (Å²) in [4.78, 5) is 13.4. The van der Waals surface area contributed by atoms with Crippen molar-refractivity contribution in [1.29, 1.82) is 0 Å². The second-order valence-corrected chi connectivity index (χ2v) is 4.41. The van der Waals surface area contributed by atoms with Crippen molar-refractivity contribution in [2.75, 3.05) is 32.7 Å². The minimum absolute atomic E-state index is 0.185. The number of carbonyl (C=O) groups is 1. The minimum Gasteiger partial charge on any atom is -0.383 e. The maximum Gasteiger partial charge on any atom is 0.259 e. The van der Waals surface area contributed by atoms with Crippen molar-refractivity contribution >= 4 is 17.5 Å². The Hall–Kier alpha value is -1.20. The normalized spacial score (nSPS) is 10.6. The summed E-state index contributed by atoms with van der Waals surface area (Å²) < 4.78 is 32.4. The maximum atomic E-state index is 13.9. The average Bonchev–Trinajstić information content (AvgIpc) is 2.39. The number of hydrogen-bond acceptors (Lipinski definition) is 2. The Balaban J connectivity index is 3.05. The molecule has 0 atom stereocenters. The molecule has 0 heterocycles. The molecule has 106 valence electrons. The lowest BCUT2D eigenvalue weighted by atomic mass is 10.1. The predicted octanol–water partition coefficient (Wildman–Crippen LogP) is 2.60. The molecule has 1 amide bonds.